The third-order valence-corrected chi connectivity index (χ3v) is 8.16. The van der Waals surface area contributed by atoms with E-state index < -0.39 is 10.0 Å². The quantitative estimate of drug-likeness (QED) is 0.420. The lowest BCUT2D eigenvalue weighted by molar-refractivity contribution is -0.116. The number of aryl methyl sites for hydroxylation is 1. The molecule has 2 aromatic heterocycles. The Bertz CT molecular complexity index is 1420. The molecule has 5 rings (SSSR count). The predicted octanol–water partition coefficient (Wildman–Crippen LogP) is 4.17. The molecule has 4 aromatic rings. The van der Waals surface area contributed by atoms with E-state index in [2.05, 4.69) is 15.3 Å². The number of benzene rings is 2. The first kappa shape index (κ1) is 23.2. The van der Waals surface area contributed by atoms with Crippen LogP contribution in [-0.2, 0) is 21.2 Å². The number of piperidine rings is 1. The molecule has 0 saturated carbocycles. The average molecular weight is 490 g/mol. The summed E-state index contributed by atoms with van der Waals surface area (Å²) in [6, 6.07) is 18.3. The largest absolute Gasteiger partial charge is 0.325 e. The van der Waals surface area contributed by atoms with Crippen LogP contribution in [0.1, 0.15) is 31.2 Å². The second kappa shape index (κ2) is 9.97. The summed E-state index contributed by atoms with van der Waals surface area (Å²) in [5.41, 5.74) is 3.39. The van der Waals surface area contributed by atoms with E-state index in [1.165, 1.54) is 0 Å². The number of pyridine rings is 1. The zero-order valence-corrected chi connectivity index (χ0v) is 20.1. The van der Waals surface area contributed by atoms with Crippen LogP contribution in [0.15, 0.2) is 78.1 Å². The first-order valence-electron chi connectivity index (χ1n) is 11.8. The predicted molar refractivity (Wildman–Crippen MR) is 135 cm³/mol. The molecule has 0 atom stereocenters. The van der Waals surface area contributed by atoms with E-state index in [1.54, 1.807) is 41.1 Å². The number of nitrogens with zero attached hydrogens (tertiary/aromatic N) is 4. The van der Waals surface area contributed by atoms with Crippen molar-refractivity contribution in [2.75, 3.05) is 18.4 Å². The fourth-order valence-corrected chi connectivity index (χ4v) is 5.83. The van der Waals surface area contributed by atoms with Gasteiger partial charge in [-0.25, -0.2) is 18.4 Å². The van der Waals surface area contributed by atoms with Crippen LogP contribution in [0.25, 0.3) is 16.9 Å². The number of anilines is 1. The standard InChI is InChI=1S/C26H27N5O3S/c32-26(15-10-20-8-12-22(13-9-20)35(33,34)30-16-4-1-5-17-30)29-21-11-14-25(27-18-21)31-19-28-23-6-2-3-7-24(23)31/h2-3,6-9,11-14,18-19H,1,4-5,10,15-17H2,(H,29,32). The van der Waals surface area contributed by atoms with E-state index in [4.69, 9.17) is 0 Å². The summed E-state index contributed by atoms with van der Waals surface area (Å²) in [4.78, 5) is 21.6. The van der Waals surface area contributed by atoms with E-state index >= 15 is 0 Å². The van der Waals surface area contributed by atoms with Crippen LogP contribution < -0.4 is 5.32 Å². The SMILES string of the molecule is O=C(CCc1ccc(S(=O)(=O)N2CCCCC2)cc1)Nc1ccc(-n2cnc3ccccc32)nc1. The van der Waals surface area contributed by atoms with E-state index in [9.17, 15) is 13.2 Å². The highest BCUT2D eigenvalue weighted by molar-refractivity contribution is 7.89. The Morgan fingerprint density at radius 2 is 1.69 bits per heavy atom. The fraction of sp³-hybridized carbons (Fsp3) is 0.269. The van der Waals surface area contributed by atoms with Crippen LogP contribution in [0.2, 0.25) is 0 Å². The molecule has 8 nitrogen and oxygen atoms in total. The minimum atomic E-state index is -3.44. The summed E-state index contributed by atoms with van der Waals surface area (Å²) in [6.45, 7) is 1.16. The van der Waals surface area contributed by atoms with Crippen molar-refractivity contribution >= 4 is 32.7 Å². The Morgan fingerprint density at radius 1 is 0.914 bits per heavy atom. The molecule has 2 aromatic carbocycles. The summed E-state index contributed by atoms with van der Waals surface area (Å²) in [6.07, 6.45) is 7.05. The molecule has 1 saturated heterocycles. The molecule has 1 N–H and O–H groups in total. The monoisotopic (exact) mass is 489 g/mol. The maximum Gasteiger partial charge on any atom is 0.243 e. The van der Waals surface area contributed by atoms with E-state index in [0.29, 0.717) is 30.1 Å². The number of hydrogen-bond acceptors (Lipinski definition) is 5. The molecule has 1 aliphatic heterocycles. The minimum absolute atomic E-state index is 0.127. The van der Waals surface area contributed by atoms with Crippen molar-refractivity contribution in [3.8, 4) is 5.82 Å². The fourth-order valence-electron chi connectivity index (χ4n) is 4.31. The number of para-hydroxylation sites is 2. The van der Waals surface area contributed by atoms with Gasteiger partial charge < -0.3 is 5.32 Å². The highest BCUT2D eigenvalue weighted by atomic mass is 32.2. The third-order valence-electron chi connectivity index (χ3n) is 6.25. The molecule has 35 heavy (non-hydrogen) atoms. The van der Waals surface area contributed by atoms with Crippen molar-refractivity contribution in [1.29, 1.82) is 0 Å². The van der Waals surface area contributed by atoms with Gasteiger partial charge in [0, 0.05) is 19.5 Å². The van der Waals surface area contributed by atoms with Crippen LogP contribution in [0.5, 0.6) is 0 Å². The maximum atomic E-state index is 12.8. The Hall–Kier alpha value is -3.56. The summed E-state index contributed by atoms with van der Waals surface area (Å²) < 4.78 is 29.0. The van der Waals surface area contributed by atoms with Gasteiger partial charge in [0.05, 0.1) is 27.8 Å². The van der Waals surface area contributed by atoms with E-state index in [-0.39, 0.29) is 12.3 Å². The number of sulfonamides is 1. The van der Waals surface area contributed by atoms with Crippen molar-refractivity contribution in [3.05, 3.63) is 78.8 Å². The molecule has 9 heteroatoms. The lowest BCUT2D eigenvalue weighted by Crippen LogP contribution is -2.35. The Kier molecular flexibility index (Phi) is 6.61. The number of hydrogen-bond donors (Lipinski definition) is 1. The Balaban J connectivity index is 1.16. The lowest BCUT2D eigenvalue weighted by atomic mass is 10.1. The topological polar surface area (TPSA) is 97.2 Å². The molecule has 1 amide bonds. The van der Waals surface area contributed by atoms with Crippen molar-refractivity contribution in [3.63, 3.8) is 0 Å². The van der Waals surface area contributed by atoms with E-state index in [1.807, 2.05) is 41.0 Å². The van der Waals surface area contributed by atoms with Gasteiger partial charge in [-0.3, -0.25) is 9.36 Å². The summed E-state index contributed by atoms with van der Waals surface area (Å²) in [7, 11) is -3.44. The highest BCUT2D eigenvalue weighted by Gasteiger charge is 2.25. The summed E-state index contributed by atoms with van der Waals surface area (Å²) in [5.74, 6) is 0.592. The van der Waals surface area contributed by atoms with Gasteiger partial charge in [0.25, 0.3) is 0 Å². The van der Waals surface area contributed by atoms with Gasteiger partial charge in [-0.15, -0.1) is 0 Å². The van der Waals surface area contributed by atoms with Crippen LogP contribution in [-0.4, -0.2) is 46.3 Å². The lowest BCUT2D eigenvalue weighted by Gasteiger charge is -2.25. The zero-order chi connectivity index (χ0) is 24.3. The van der Waals surface area contributed by atoms with Crippen molar-refractivity contribution in [2.45, 2.75) is 37.0 Å². The smallest absolute Gasteiger partial charge is 0.243 e. The molecular formula is C26H27N5O3S. The van der Waals surface area contributed by atoms with Crippen molar-refractivity contribution < 1.29 is 13.2 Å². The van der Waals surface area contributed by atoms with Crippen LogP contribution in [0.3, 0.4) is 0 Å². The zero-order valence-electron chi connectivity index (χ0n) is 19.3. The minimum Gasteiger partial charge on any atom is -0.325 e. The van der Waals surface area contributed by atoms with Gasteiger partial charge in [-0.05, 0) is 61.2 Å². The molecule has 0 spiro atoms. The molecule has 1 fully saturated rings. The number of carbonyl (C=O) groups excluding carboxylic acids is 1. The van der Waals surface area contributed by atoms with Crippen LogP contribution in [0.4, 0.5) is 5.69 Å². The third kappa shape index (κ3) is 5.11. The molecule has 0 bridgehead atoms. The molecule has 0 unspecified atom stereocenters. The van der Waals surface area contributed by atoms with Gasteiger partial charge in [0.1, 0.15) is 12.1 Å². The van der Waals surface area contributed by atoms with Gasteiger partial charge in [-0.2, -0.15) is 4.31 Å². The van der Waals surface area contributed by atoms with Gasteiger partial charge in [0.2, 0.25) is 15.9 Å². The highest BCUT2D eigenvalue weighted by Crippen LogP contribution is 2.21. The van der Waals surface area contributed by atoms with Crippen molar-refractivity contribution in [1.82, 2.24) is 18.8 Å². The average Bonchev–Trinajstić information content (AvgIpc) is 3.33. The Labute approximate surface area is 204 Å². The second-order valence-corrected chi connectivity index (χ2v) is 10.6. The number of aromatic nitrogens is 3. The van der Waals surface area contributed by atoms with Crippen LogP contribution >= 0.6 is 0 Å². The molecule has 0 radical (unpaired) electrons. The van der Waals surface area contributed by atoms with E-state index in [0.717, 1.165) is 41.7 Å². The first-order chi connectivity index (χ1) is 17.0. The van der Waals surface area contributed by atoms with Crippen molar-refractivity contribution in [2.24, 2.45) is 0 Å². The molecule has 180 valence electrons. The summed E-state index contributed by atoms with van der Waals surface area (Å²) >= 11 is 0. The maximum absolute atomic E-state index is 12.8. The summed E-state index contributed by atoms with van der Waals surface area (Å²) in [5, 5.41) is 2.87. The first-order valence-corrected chi connectivity index (χ1v) is 13.2. The molecule has 3 heterocycles. The second-order valence-electron chi connectivity index (χ2n) is 8.67. The van der Waals surface area contributed by atoms with Crippen LogP contribution in [0, 0.1) is 0 Å². The molecule has 0 aliphatic carbocycles. The molecule has 1 aliphatic rings. The van der Waals surface area contributed by atoms with Gasteiger partial charge in [-0.1, -0.05) is 30.7 Å². The normalized spacial score (nSPS) is 14.7. The Morgan fingerprint density at radius 3 is 2.43 bits per heavy atom. The van der Waals surface area contributed by atoms with Gasteiger partial charge in [0.15, 0.2) is 0 Å². The number of fused-ring (bicyclic) bond motifs is 1. The number of imidazole rings is 1. The number of rotatable bonds is 7. The number of nitrogens with one attached hydrogen (secondary N) is 1. The molecular weight excluding hydrogens is 462 g/mol. The number of carbonyl (C=O) groups is 1. The number of amides is 1. The van der Waals surface area contributed by atoms with Gasteiger partial charge >= 0.3 is 0 Å².